The van der Waals surface area contributed by atoms with Gasteiger partial charge in [0.15, 0.2) is 5.15 Å². The number of rotatable bonds is 8. The summed E-state index contributed by atoms with van der Waals surface area (Å²) in [5.74, 6) is 1.49. The summed E-state index contributed by atoms with van der Waals surface area (Å²) in [6.07, 6.45) is 2.95. The van der Waals surface area contributed by atoms with Crippen LogP contribution in [-0.2, 0) is 19.6 Å². The van der Waals surface area contributed by atoms with Crippen molar-refractivity contribution in [2.24, 2.45) is 0 Å². The SMILES string of the molecule is CCCCc1nc(Cl)c(CO)n1Cc1ccc(-c2ccccc2-c2nn[nH]n2)s1. The lowest BCUT2D eigenvalue weighted by Gasteiger charge is -2.09. The fraction of sp³-hybridized carbons (Fsp3) is 0.300. The molecule has 0 spiro atoms. The Morgan fingerprint density at radius 3 is 2.72 bits per heavy atom. The predicted octanol–water partition coefficient (Wildman–Crippen LogP) is 4.33. The van der Waals surface area contributed by atoms with Crippen molar-refractivity contribution in [3.63, 3.8) is 0 Å². The topological polar surface area (TPSA) is 92.5 Å². The van der Waals surface area contributed by atoms with E-state index in [-0.39, 0.29) is 6.61 Å². The van der Waals surface area contributed by atoms with Crippen LogP contribution in [0.1, 0.15) is 36.2 Å². The molecule has 4 aromatic rings. The maximum absolute atomic E-state index is 9.78. The van der Waals surface area contributed by atoms with E-state index in [2.05, 4.69) is 50.7 Å². The second-order valence-electron chi connectivity index (χ2n) is 6.66. The molecule has 9 heteroatoms. The highest BCUT2D eigenvalue weighted by atomic mass is 35.5. The van der Waals surface area contributed by atoms with Crippen LogP contribution in [-0.4, -0.2) is 35.3 Å². The molecule has 3 heterocycles. The van der Waals surface area contributed by atoms with Crippen LogP contribution in [0.2, 0.25) is 5.15 Å². The van der Waals surface area contributed by atoms with Gasteiger partial charge in [-0.1, -0.05) is 49.2 Å². The minimum atomic E-state index is -0.128. The summed E-state index contributed by atoms with van der Waals surface area (Å²) >= 11 is 7.96. The first kappa shape index (κ1) is 19.8. The molecule has 0 fully saturated rings. The molecule has 0 unspecified atom stereocenters. The number of aliphatic hydroxyl groups is 1. The Kier molecular flexibility index (Phi) is 6.03. The zero-order valence-electron chi connectivity index (χ0n) is 16.0. The summed E-state index contributed by atoms with van der Waals surface area (Å²) in [7, 11) is 0. The van der Waals surface area contributed by atoms with Gasteiger partial charge in [0.25, 0.3) is 0 Å². The molecule has 0 saturated heterocycles. The molecule has 0 aliphatic carbocycles. The Morgan fingerprint density at radius 1 is 1.17 bits per heavy atom. The van der Waals surface area contributed by atoms with Crippen molar-refractivity contribution in [3.05, 3.63) is 57.9 Å². The van der Waals surface area contributed by atoms with Gasteiger partial charge in [-0.05, 0) is 23.8 Å². The average molecular weight is 429 g/mol. The molecule has 7 nitrogen and oxygen atoms in total. The van der Waals surface area contributed by atoms with Crippen molar-refractivity contribution in [1.29, 1.82) is 0 Å². The number of H-pyrrole nitrogens is 1. The molecule has 2 N–H and O–H groups in total. The van der Waals surface area contributed by atoms with E-state index in [9.17, 15) is 5.11 Å². The first-order chi connectivity index (χ1) is 14.2. The van der Waals surface area contributed by atoms with Gasteiger partial charge in [-0.15, -0.1) is 21.5 Å². The first-order valence-electron chi connectivity index (χ1n) is 9.47. The average Bonchev–Trinajstić information content (AvgIpc) is 3.48. The number of tetrazole rings is 1. The summed E-state index contributed by atoms with van der Waals surface area (Å²) in [5, 5.41) is 24.6. The molecule has 150 valence electrons. The largest absolute Gasteiger partial charge is 0.390 e. The molecule has 0 aliphatic heterocycles. The third-order valence-electron chi connectivity index (χ3n) is 4.76. The van der Waals surface area contributed by atoms with Crippen LogP contribution in [0, 0.1) is 0 Å². The van der Waals surface area contributed by atoms with Gasteiger partial charge in [0.1, 0.15) is 5.82 Å². The van der Waals surface area contributed by atoms with Crippen molar-refractivity contribution in [2.75, 3.05) is 0 Å². The van der Waals surface area contributed by atoms with E-state index < -0.39 is 0 Å². The standard InChI is InChI=1S/C20H21ClN6OS/c1-2-3-8-18-22-19(21)16(12-28)27(18)11-13-9-10-17(29-13)14-6-4-5-7-15(14)20-23-25-26-24-20/h4-7,9-10,28H,2-3,8,11-12H2,1H3,(H,23,24,25,26). The normalized spacial score (nSPS) is 11.3. The maximum Gasteiger partial charge on any atom is 0.205 e. The highest BCUT2D eigenvalue weighted by Gasteiger charge is 2.17. The van der Waals surface area contributed by atoms with E-state index in [1.807, 2.05) is 22.8 Å². The molecule has 29 heavy (non-hydrogen) atoms. The molecular weight excluding hydrogens is 408 g/mol. The van der Waals surface area contributed by atoms with E-state index in [1.165, 1.54) is 0 Å². The third-order valence-corrected chi connectivity index (χ3v) is 6.17. The number of aliphatic hydroxyl groups excluding tert-OH is 1. The van der Waals surface area contributed by atoms with Gasteiger partial charge in [-0.3, -0.25) is 0 Å². The van der Waals surface area contributed by atoms with Crippen LogP contribution in [0.25, 0.3) is 21.8 Å². The number of unbranched alkanes of at least 4 members (excludes halogenated alkanes) is 1. The molecule has 0 aliphatic rings. The van der Waals surface area contributed by atoms with Gasteiger partial charge in [0.05, 0.1) is 18.8 Å². The Labute approximate surface area is 177 Å². The highest BCUT2D eigenvalue weighted by molar-refractivity contribution is 7.15. The lowest BCUT2D eigenvalue weighted by atomic mass is 10.1. The van der Waals surface area contributed by atoms with Crippen molar-refractivity contribution in [1.82, 2.24) is 30.2 Å². The van der Waals surface area contributed by atoms with Gasteiger partial charge in [-0.2, -0.15) is 5.21 Å². The van der Waals surface area contributed by atoms with Crippen LogP contribution >= 0.6 is 22.9 Å². The van der Waals surface area contributed by atoms with Crippen LogP contribution < -0.4 is 0 Å². The predicted molar refractivity (Wildman–Crippen MR) is 114 cm³/mol. The first-order valence-corrected chi connectivity index (χ1v) is 10.7. The summed E-state index contributed by atoms with van der Waals surface area (Å²) in [6.45, 7) is 2.65. The van der Waals surface area contributed by atoms with Gasteiger partial charge < -0.3 is 9.67 Å². The summed E-state index contributed by atoms with van der Waals surface area (Å²) in [4.78, 5) is 6.75. The van der Waals surface area contributed by atoms with E-state index in [4.69, 9.17) is 11.6 Å². The molecule has 3 aromatic heterocycles. The fourth-order valence-corrected chi connectivity index (χ4v) is 4.60. The number of aromatic amines is 1. The van der Waals surface area contributed by atoms with Crippen LogP contribution in [0.5, 0.6) is 0 Å². The number of hydrogen-bond donors (Lipinski definition) is 2. The van der Waals surface area contributed by atoms with Crippen molar-refractivity contribution >= 4 is 22.9 Å². The monoisotopic (exact) mass is 428 g/mol. The molecule has 1 aromatic carbocycles. The molecule has 0 bridgehead atoms. The van der Waals surface area contributed by atoms with E-state index in [0.29, 0.717) is 23.2 Å². The fourth-order valence-electron chi connectivity index (χ4n) is 3.30. The summed E-state index contributed by atoms with van der Waals surface area (Å²) < 4.78 is 2.04. The zero-order chi connectivity index (χ0) is 20.2. The number of imidazole rings is 1. The molecule has 0 radical (unpaired) electrons. The van der Waals surface area contributed by atoms with E-state index >= 15 is 0 Å². The number of nitrogens with one attached hydrogen (secondary N) is 1. The minimum absolute atomic E-state index is 0.128. The number of aromatic nitrogens is 6. The molecule has 4 rings (SSSR count). The highest BCUT2D eigenvalue weighted by Crippen LogP contribution is 2.35. The van der Waals surface area contributed by atoms with Crippen LogP contribution in [0.4, 0.5) is 0 Å². The Morgan fingerprint density at radius 2 is 2.00 bits per heavy atom. The molecular formula is C20H21ClN6OS. The Hall–Kier alpha value is -2.55. The van der Waals surface area contributed by atoms with Gasteiger partial charge in [0.2, 0.25) is 5.82 Å². The molecule has 0 atom stereocenters. The number of aryl methyl sites for hydroxylation is 1. The van der Waals surface area contributed by atoms with Crippen molar-refractivity contribution in [2.45, 2.75) is 39.3 Å². The number of halogens is 1. The van der Waals surface area contributed by atoms with Crippen molar-refractivity contribution in [3.8, 4) is 21.8 Å². The Bertz CT molecular complexity index is 1090. The second-order valence-corrected chi connectivity index (χ2v) is 8.19. The second kappa shape index (κ2) is 8.86. The van der Waals surface area contributed by atoms with E-state index in [1.54, 1.807) is 11.3 Å². The van der Waals surface area contributed by atoms with Crippen LogP contribution in [0.15, 0.2) is 36.4 Å². The zero-order valence-corrected chi connectivity index (χ0v) is 17.5. The van der Waals surface area contributed by atoms with Crippen molar-refractivity contribution < 1.29 is 5.11 Å². The van der Waals surface area contributed by atoms with Crippen LogP contribution in [0.3, 0.4) is 0 Å². The quantitative estimate of drug-likeness (QED) is 0.435. The van der Waals surface area contributed by atoms with Gasteiger partial charge in [0, 0.05) is 27.3 Å². The number of nitrogens with zero attached hydrogens (tertiary/aromatic N) is 5. The minimum Gasteiger partial charge on any atom is -0.390 e. The number of benzene rings is 1. The molecule has 0 amide bonds. The number of thiophene rings is 1. The third kappa shape index (κ3) is 4.10. The smallest absolute Gasteiger partial charge is 0.205 e. The molecule has 0 saturated carbocycles. The summed E-state index contributed by atoms with van der Waals surface area (Å²) in [6, 6.07) is 12.2. The lowest BCUT2D eigenvalue weighted by Crippen LogP contribution is -2.08. The maximum atomic E-state index is 9.78. The summed E-state index contributed by atoms with van der Waals surface area (Å²) in [5.41, 5.74) is 2.65. The number of hydrogen-bond acceptors (Lipinski definition) is 6. The van der Waals surface area contributed by atoms with Gasteiger partial charge >= 0.3 is 0 Å². The lowest BCUT2D eigenvalue weighted by molar-refractivity contribution is 0.271. The van der Waals surface area contributed by atoms with Gasteiger partial charge in [-0.25, -0.2) is 4.98 Å². The van der Waals surface area contributed by atoms with E-state index in [0.717, 1.165) is 46.0 Å². The Balaban J connectivity index is 1.65.